The van der Waals surface area contributed by atoms with Gasteiger partial charge in [-0.2, -0.15) is 0 Å². The number of aromatic carboxylic acids is 1. The van der Waals surface area contributed by atoms with E-state index in [0.717, 1.165) is 59.9 Å². The zero-order valence-corrected chi connectivity index (χ0v) is 26.1. The van der Waals surface area contributed by atoms with Crippen LogP contribution in [0.2, 0.25) is 5.02 Å². The van der Waals surface area contributed by atoms with Gasteiger partial charge in [0.1, 0.15) is 46.5 Å². The lowest BCUT2D eigenvalue weighted by atomic mass is 10.1. The van der Waals surface area contributed by atoms with Crippen molar-refractivity contribution in [3.63, 3.8) is 0 Å². The molecule has 0 amide bonds. The van der Waals surface area contributed by atoms with Gasteiger partial charge in [0.05, 0.1) is 56.1 Å². The lowest BCUT2D eigenvalue weighted by Crippen LogP contribution is -2.38. The maximum absolute atomic E-state index is 11.9. The molecule has 4 heterocycles. The van der Waals surface area contributed by atoms with E-state index in [2.05, 4.69) is 27.0 Å². The second kappa shape index (κ2) is 11.9. The Labute approximate surface area is 264 Å². The zero-order valence-electron chi connectivity index (χ0n) is 25.3. The fourth-order valence-corrected chi connectivity index (χ4v) is 6.42. The van der Waals surface area contributed by atoms with Gasteiger partial charge in [0.25, 0.3) is 0 Å². The van der Waals surface area contributed by atoms with Crippen LogP contribution in [0.4, 0.5) is 0 Å². The Morgan fingerprint density at radius 3 is 2.56 bits per heavy atom. The molecule has 0 radical (unpaired) electrons. The van der Waals surface area contributed by atoms with Gasteiger partial charge in [-0.25, -0.2) is 14.8 Å². The van der Waals surface area contributed by atoms with Crippen LogP contribution >= 0.6 is 11.6 Å². The maximum atomic E-state index is 11.9. The molecule has 0 unspecified atom stereocenters. The number of benzene rings is 3. The zero-order chi connectivity index (χ0) is 31.2. The van der Waals surface area contributed by atoms with Crippen LogP contribution in [0.15, 0.2) is 48.5 Å². The number of carboxylic acids is 1. The molecule has 1 N–H and O–H groups in total. The van der Waals surface area contributed by atoms with Crippen molar-refractivity contribution in [3.05, 3.63) is 76.3 Å². The van der Waals surface area contributed by atoms with Crippen molar-refractivity contribution in [1.82, 2.24) is 24.0 Å². The van der Waals surface area contributed by atoms with Gasteiger partial charge in [0.15, 0.2) is 0 Å². The number of hydrogen-bond donors (Lipinski definition) is 1. The van der Waals surface area contributed by atoms with Crippen molar-refractivity contribution in [1.29, 1.82) is 0 Å². The van der Waals surface area contributed by atoms with Crippen LogP contribution in [-0.4, -0.2) is 68.6 Å². The lowest BCUT2D eigenvalue weighted by Gasteiger charge is -2.34. The van der Waals surface area contributed by atoms with Gasteiger partial charge in [0.2, 0.25) is 0 Å². The molecule has 0 aliphatic carbocycles. The molecule has 2 aliphatic heterocycles. The average molecular weight is 632 g/mol. The van der Waals surface area contributed by atoms with Crippen LogP contribution in [0.25, 0.3) is 22.1 Å². The third kappa shape index (κ3) is 5.34. The number of aromatic nitrogens is 4. The van der Waals surface area contributed by atoms with Gasteiger partial charge in [-0.3, -0.25) is 4.90 Å². The van der Waals surface area contributed by atoms with Crippen LogP contribution in [0.1, 0.15) is 47.0 Å². The summed E-state index contributed by atoms with van der Waals surface area (Å²) in [7, 11) is 3.15. The molecule has 1 saturated heterocycles. The van der Waals surface area contributed by atoms with Crippen molar-refractivity contribution < 1.29 is 28.8 Å². The normalized spacial score (nSPS) is 18.1. The molecule has 0 spiro atoms. The molecule has 1 fully saturated rings. The Morgan fingerprint density at radius 1 is 1.02 bits per heavy atom. The molecule has 7 rings (SSSR count). The van der Waals surface area contributed by atoms with E-state index in [1.54, 1.807) is 19.2 Å². The molecular formula is C33H34ClN5O6. The highest BCUT2D eigenvalue weighted by molar-refractivity contribution is 6.30. The predicted octanol–water partition coefficient (Wildman–Crippen LogP) is 5.70. The first kappa shape index (κ1) is 29.4. The maximum Gasteiger partial charge on any atom is 0.335 e. The summed E-state index contributed by atoms with van der Waals surface area (Å²) in [6.07, 6.45) is 1.02. The fraction of sp³-hybridized carbons (Fsp3) is 0.364. The third-order valence-electron chi connectivity index (χ3n) is 8.82. The monoisotopic (exact) mass is 631 g/mol. The number of hydrogen-bond acceptors (Lipinski definition) is 8. The number of halogens is 1. The average Bonchev–Trinajstić information content (AvgIpc) is 3.57. The Morgan fingerprint density at radius 2 is 1.82 bits per heavy atom. The smallest absolute Gasteiger partial charge is 0.335 e. The molecule has 0 bridgehead atoms. The quantitative estimate of drug-likeness (QED) is 0.207. The van der Waals surface area contributed by atoms with Gasteiger partial charge in [-0.05, 0) is 49.7 Å². The number of nitrogens with zero attached hydrogens (tertiary/aromatic N) is 5. The van der Waals surface area contributed by atoms with E-state index in [0.29, 0.717) is 47.5 Å². The SMILES string of the molecule is COc1cc(Cl)ccc1COc1cccc2c1nc1n2CCN(Cc2nc3c(OC)cc(C(=O)O)cc3n2C[C@@H]2CCO2)[C@H]1C. The number of para-hydroxylation sites is 1. The van der Waals surface area contributed by atoms with E-state index < -0.39 is 5.97 Å². The van der Waals surface area contributed by atoms with Crippen LogP contribution in [0.3, 0.4) is 0 Å². The molecular weight excluding hydrogens is 598 g/mol. The third-order valence-corrected chi connectivity index (χ3v) is 9.06. The summed E-state index contributed by atoms with van der Waals surface area (Å²) >= 11 is 6.14. The highest BCUT2D eigenvalue weighted by Gasteiger charge is 2.31. The van der Waals surface area contributed by atoms with E-state index in [9.17, 15) is 9.90 Å². The molecule has 11 nitrogen and oxygen atoms in total. The van der Waals surface area contributed by atoms with Crippen LogP contribution in [-0.2, 0) is 31.0 Å². The number of fused-ring (bicyclic) bond motifs is 4. The second-order valence-electron chi connectivity index (χ2n) is 11.4. The summed E-state index contributed by atoms with van der Waals surface area (Å²) in [6, 6.07) is 14.7. The number of ether oxygens (including phenoxy) is 4. The summed E-state index contributed by atoms with van der Waals surface area (Å²) in [5, 5.41) is 10.4. The molecule has 45 heavy (non-hydrogen) atoms. The van der Waals surface area contributed by atoms with Gasteiger partial charge >= 0.3 is 5.97 Å². The molecule has 2 aliphatic rings. The van der Waals surface area contributed by atoms with E-state index in [1.165, 1.54) is 13.2 Å². The molecule has 234 valence electrons. The Kier molecular flexibility index (Phi) is 7.76. The Bertz CT molecular complexity index is 1920. The molecule has 12 heteroatoms. The van der Waals surface area contributed by atoms with E-state index in [4.69, 9.17) is 40.5 Å². The summed E-state index contributed by atoms with van der Waals surface area (Å²) in [6.45, 7) is 5.89. The predicted molar refractivity (Wildman–Crippen MR) is 168 cm³/mol. The number of rotatable bonds is 10. The molecule has 5 aromatic rings. The summed E-state index contributed by atoms with van der Waals surface area (Å²) in [4.78, 5) is 24.3. The van der Waals surface area contributed by atoms with E-state index in [1.807, 2.05) is 24.3 Å². The minimum atomic E-state index is -1.01. The topological polar surface area (TPSA) is 113 Å². The summed E-state index contributed by atoms with van der Waals surface area (Å²) in [5.74, 6) is 2.59. The van der Waals surface area contributed by atoms with Gasteiger partial charge in [0, 0.05) is 30.3 Å². The van der Waals surface area contributed by atoms with Gasteiger partial charge < -0.3 is 33.2 Å². The number of carbonyl (C=O) groups is 1. The lowest BCUT2D eigenvalue weighted by molar-refractivity contribution is -0.0592. The first-order valence-corrected chi connectivity index (χ1v) is 15.3. The summed E-state index contributed by atoms with van der Waals surface area (Å²) < 4.78 is 27.5. The molecule has 0 saturated carbocycles. The van der Waals surface area contributed by atoms with E-state index >= 15 is 0 Å². The standard InChI is InChI=1S/C33H34ClN5O6/c1-19-32-36-30-24(5-4-6-26(30)45-18-20-7-8-22(34)15-27(20)42-2)38(32)11-10-37(19)17-29-35-31-25(39(29)16-23-9-12-44-23)13-21(33(40)41)14-28(31)43-3/h4-8,13-15,19,23H,9-12,16-18H2,1-3H3,(H,40,41)/t19-,23-/m0/s1. The molecule has 3 aromatic carbocycles. The van der Waals surface area contributed by atoms with Crippen LogP contribution in [0.5, 0.6) is 17.2 Å². The highest BCUT2D eigenvalue weighted by atomic mass is 35.5. The van der Waals surface area contributed by atoms with Gasteiger partial charge in [-0.1, -0.05) is 23.7 Å². The molecule has 2 aromatic heterocycles. The van der Waals surface area contributed by atoms with Crippen molar-refractivity contribution in [3.8, 4) is 17.2 Å². The van der Waals surface area contributed by atoms with Crippen molar-refractivity contribution in [2.45, 2.75) is 51.7 Å². The minimum absolute atomic E-state index is 0.0138. The van der Waals surface area contributed by atoms with Crippen molar-refractivity contribution in [2.24, 2.45) is 0 Å². The number of imidazole rings is 2. The van der Waals surface area contributed by atoms with E-state index in [-0.39, 0.29) is 17.7 Å². The highest BCUT2D eigenvalue weighted by Crippen LogP contribution is 2.36. The first-order valence-electron chi connectivity index (χ1n) is 14.9. The number of carboxylic acid groups (broad SMARTS) is 1. The van der Waals surface area contributed by atoms with Gasteiger partial charge in [-0.15, -0.1) is 0 Å². The summed E-state index contributed by atoms with van der Waals surface area (Å²) in [5.41, 5.74) is 4.27. The molecule has 2 atom stereocenters. The minimum Gasteiger partial charge on any atom is -0.496 e. The van der Waals surface area contributed by atoms with Crippen LogP contribution in [0, 0.1) is 0 Å². The van der Waals surface area contributed by atoms with Crippen molar-refractivity contribution >= 4 is 39.6 Å². The first-order chi connectivity index (χ1) is 21.8. The largest absolute Gasteiger partial charge is 0.496 e. The second-order valence-corrected chi connectivity index (χ2v) is 11.8. The van der Waals surface area contributed by atoms with Crippen molar-refractivity contribution in [2.75, 3.05) is 27.4 Å². The number of methoxy groups -OCH3 is 2. The Hall–Kier alpha value is -4.32. The van der Waals surface area contributed by atoms with Crippen LogP contribution < -0.4 is 14.2 Å². The Balaban J connectivity index is 1.19. The fourth-order valence-electron chi connectivity index (χ4n) is 6.26.